The number of methoxy groups -OCH3 is 1. The quantitative estimate of drug-likeness (QED) is 0.617. The summed E-state index contributed by atoms with van der Waals surface area (Å²) in [5.74, 6) is -0.385. The Morgan fingerprint density at radius 1 is 1.11 bits per heavy atom. The van der Waals surface area contributed by atoms with Gasteiger partial charge in [-0.3, -0.25) is 10.1 Å². The monoisotopic (exact) mass is 247 g/mol. The molecule has 0 aliphatic carbocycles. The fourth-order valence-electron chi connectivity index (χ4n) is 1.74. The van der Waals surface area contributed by atoms with E-state index in [1.165, 1.54) is 19.2 Å². The third-order valence-corrected chi connectivity index (χ3v) is 2.57. The highest BCUT2D eigenvalue weighted by Gasteiger charge is 2.19. The number of halogens is 1. The van der Waals surface area contributed by atoms with Crippen molar-refractivity contribution in [2.45, 2.75) is 0 Å². The molecule has 0 aliphatic rings. The van der Waals surface area contributed by atoms with Gasteiger partial charge in [0.1, 0.15) is 5.75 Å². The maximum atomic E-state index is 14.0. The van der Waals surface area contributed by atoms with Crippen molar-refractivity contribution in [1.29, 1.82) is 0 Å². The van der Waals surface area contributed by atoms with Crippen molar-refractivity contribution in [3.8, 4) is 16.9 Å². The standard InChI is InChI=1S/C13H10FNO3/c1-18-12-8-3-2-5-9(12)10-6-4-7-11(13(10)14)15(16)17/h2-8H,1H3. The van der Waals surface area contributed by atoms with Gasteiger partial charge in [-0.1, -0.05) is 30.3 Å². The van der Waals surface area contributed by atoms with Crippen LogP contribution in [0.5, 0.6) is 5.75 Å². The summed E-state index contributed by atoms with van der Waals surface area (Å²) in [4.78, 5) is 9.95. The molecule has 0 atom stereocenters. The predicted molar refractivity (Wildman–Crippen MR) is 65.0 cm³/mol. The van der Waals surface area contributed by atoms with Crippen molar-refractivity contribution in [3.63, 3.8) is 0 Å². The molecular formula is C13H10FNO3. The molecule has 0 radical (unpaired) electrons. The van der Waals surface area contributed by atoms with Crippen molar-refractivity contribution < 1.29 is 14.1 Å². The molecule has 92 valence electrons. The van der Waals surface area contributed by atoms with Crippen LogP contribution in [-0.2, 0) is 0 Å². The van der Waals surface area contributed by atoms with Crippen molar-refractivity contribution >= 4 is 5.69 Å². The molecule has 0 aliphatic heterocycles. The van der Waals surface area contributed by atoms with Crippen molar-refractivity contribution in [3.05, 3.63) is 58.4 Å². The number of hydrogen-bond acceptors (Lipinski definition) is 3. The van der Waals surface area contributed by atoms with Gasteiger partial charge in [0.25, 0.3) is 0 Å². The molecule has 0 unspecified atom stereocenters. The highest BCUT2D eigenvalue weighted by Crippen LogP contribution is 2.34. The summed E-state index contributed by atoms with van der Waals surface area (Å²) in [6.45, 7) is 0. The summed E-state index contributed by atoms with van der Waals surface area (Å²) < 4.78 is 19.1. The first kappa shape index (κ1) is 12.0. The maximum Gasteiger partial charge on any atom is 0.305 e. The Kier molecular flexibility index (Phi) is 3.23. The number of hydrogen-bond donors (Lipinski definition) is 0. The molecule has 0 saturated heterocycles. The summed E-state index contributed by atoms with van der Waals surface area (Å²) in [5.41, 5.74) is 0.0984. The Morgan fingerprint density at radius 2 is 1.78 bits per heavy atom. The van der Waals surface area contributed by atoms with E-state index in [0.29, 0.717) is 11.3 Å². The summed E-state index contributed by atoms with van der Waals surface area (Å²) in [5, 5.41) is 10.7. The third kappa shape index (κ3) is 2.02. The van der Waals surface area contributed by atoms with Crippen molar-refractivity contribution in [2.24, 2.45) is 0 Å². The van der Waals surface area contributed by atoms with E-state index in [4.69, 9.17) is 4.74 Å². The zero-order valence-electron chi connectivity index (χ0n) is 9.59. The lowest BCUT2D eigenvalue weighted by molar-refractivity contribution is -0.387. The Balaban J connectivity index is 2.64. The number of ether oxygens (including phenoxy) is 1. The lowest BCUT2D eigenvalue weighted by atomic mass is 10.0. The lowest BCUT2D eigenvalue weighted by Crippen LogP contribution is -1.96. The van der Waals surface area contributed by atoms with Crippen molar-refractivity contribution in [2.75, 3.05) is 7.11 Å². The topological polar surface area (TPSA) is 52.4 Å². The zero-order chi connectivity index (χ0) is 13.1. The second-order valence-electron chi connectivity index (χ2n) is 3.60. The molecule has 0 amide bonds. The molecule has 4 nitrogen and oxygen atoms in total. The van der Waals surface area contributed by atoms with Crippen LogP contribution in [0.2, 0.25) is 0 Å². The molecule has 0 aromatic heterocycles. The van der Waals surface area contributed by atoms with Gasteiger partial charge in [0.05, 0.1) is 12.0 Å². The zero-order valence-corrected chi connectivity index (χ0v) is 9.59. The van der Waals surface area contributed by atoms with Gasteiger partial charge < -0.3 is 4.74 Å². The van der Waals surface area contributed by atoms with Gasteiger partial charge in [-0.2, -0.15) is 4.39 Å². The summed E-state index contributed by atoms with van der Waals surface area (Å²) >= 11 is 0. The number of rotatable bonds is 3. The first-order valence-corrected chi connectivity index (χ1v) is 5.21. The fourth-order valence-corrected chi connectivity index (χ4v) is 1.74. The van der Waals surface area contributed by atoms with E-state index in [0.717, 1.165) is 6.07 Å². The van der Waals surface area contributed by atoms with Gasteiger partial charge in [-0.25, -0.2) is 0 Å². The van der Waals surface area contributed by atoms with E-state index in [1.807, 2.05) is 0 Å². The second-order valence-corrected chi connectivity index (χ2v) is 3.60. The molecule has 2 aromatic carbocycles. The minimum atomic E-state index is -0.855. The summed E-state index contributed by atoms with van der Waals surface area (Å²) in [7, 11) is 1.47. The minimum absolute atomic E-state index is 0.154. The Labute approximate surface area is 103 Å². The van der Waals surface area contributed by atoms with Gasteiger partial charge in [-0.05, 0) is 6.07 Å². The normalized spacial score (nSPS) is 10.1. The molecule has 0 bridgehead atoms. The number of para-hydroxylation sites is 1. The average molecular weight is 247 g/mol. The van der Waals surface area contributed by atoms with Gasteiger partial charge in [-0.15, -0.1) is 0 Å². The predicted octanol–water partition coefficient (Wildman–Crippen LogP) is 3.41. The molecule has 0 heterocycles. The fraction of sp³-hybridized carbons (Fsp3) is 0.0769. The van der Waals surface area contributed by atoms with Crippen molar-refractivity contribution in [1.82, 2.24) is 0 Å². The Hall–Kier alpha value is -2.43. The van der Waals surface area contributed by atoms with E-state index in [1.54, 1.807) is 24.3 Å². The molecular weight excluding hydrogens is 237 g/mol. The van der Waals surface area contributed by atoms with Crippen LogP contribution >= 0.6 is 0 Å². The van der Waals surface area contributed by atoms with E-state index in [9.17, 15) is 14.5 Å². The molecule has 0 saturated carbocycles. The maximum absolute atomic E-state index is 14.0. The van der Waals surface area contributed by atoms with Crippen LogP contribution in [-0.4, -0.2) is 12.0 Å². The van der Waals surface area contributed by atoms with Gasteiger partial charge >= 0.3 is 5.69 Å². The second kappa shape index (κ2) is 4.83. The van der Waals surface area contributed by atoms with Gasteiger partial charge in [0, 0.05) is 17.2 Å². The first-order valence-electron chi connectivity index (χ1n) is 5.21. The van der Waals surface area contributed by atoms with Gasteiger partial charge in [0.2, 0.25) is 5.82 Å². The molecule has 0 N–H and O–H groups in total. The van der Waals surface area contributed by atoms with E-state index in [2.05, 4.69) is 0 Å². The highest BCUT2D eigenvalue weighted by atomic mass is 19.1. The lowest BCUT2D eigenvalue weighted by Gasteiger charge is -2.08. The van der Waals surface area contributed by atoms with Crippen LogP contribution in [0.25, 0.3) is 11.1 Å². The molecule has 2 aromatic rings. The number of benzene rings is 2. The smallest absolute Gasteiger partial charge is 0.305 e. The van der Waals surface area contributed by atoms with Crippen LogP contribution in [0.15, 0.2) is 42.5 Å². The average Bonchev–Trinajstić information content (AvgIpc) is 2.38. The van der Waals surface area contributed by atoms with Crippen LogP contribution < -0.4 is 4.74 Å². The molecule has 18 heavy (non-hydrogen) atoms. The molecule has 0 fully saturated rings. The third-order valence-electron chi connectivity index (χ3n) is 2.57. The number of nitrogens with zero attached hydrogens (tertiary/aromatic N) is 1. The van der Waals surface area contributed by atoms with E-state index < -0.39 is 16.4 Å². The van der Waals surface area contributed by atoms with E-state index >= 15 is 0 Å². The number of nitro groups is 1. The largest absolute Gasteiger partial charge is 0.496 e. The highest BCUT2D eigenvalue weighted by molar-refractivity contribution is 5.72. The van der Waals surface area contributed by atoms with Crippen LogP contribution in [0, 0.1) is 15.9 Å². The Morgan fingerprint density at radius 3 is 2.44 bits per heavy atom. The molecule has 0 spiro atoms. The van der Waals surface area contributed by atoms with E-state index in [-0.39, 0.29) is 5.56 Å². The van der Waals surface area contributed by atoms with Crippen LogP contribution in [0.1, 0.15) is 0 Å². The van der Waals surface area contributed by atoms with Crippen LogP contribution in [0.4, 0.5) is 10.1 Å². The van der Waals surface area contributed by atoms with Crippen LogP contribution in [0.3, 0.4) is 0 Å². The Bertz CT molecular complexity index is 599. The summed E-state index contributed by atoms with van der Waals surface area (Å²) in [6.07, 6.45) is 0. The minimum Gasteiger partial charge on any atom is -0.496 e. The summed E-state index contributed by atoms with van der Waals surface area (Å²) in [6, 6.07) is 10.9. The molecule has 5 heteroatoms. The number of nitro benzene ring substituents is 1. The SMILES string of the molecule is COc1ccccc1-c1cccc([N+](=O)[O-])c1F. The molecule has 2 rings (SSSR count). The van der Waals surface area contributed by atoms with Gasteiger partial charge in [0.15, 0.2) is 0 Å². The first-order chi connectivity index (χ1) is 8.65.